The molecular formula is C14H10N3+. The van der Waals surface area contributed by atoms with E-state index in [0.717, 1.165) is 11.2 Å². The van der Waals surface area contributed by atoms with Crippen molar-refractivity contribution in [3.63, 3.8) is 0 Å². The van der Waals surface area contributed by atoms with Crippen molar-refractivity contribution in [3.8, 4) is 18.0 Å². The van der Waals surface area contributed by atoms with Gasteiger partial charge in [0.15, 0.2) is 0 Å². The van der Waals surface area contributed by atoms with E-state index < -0.39 is 0 Å². The van der Waals surface area contributed by atoms with Gasteiger partial charge in [-0.1, -0.05) is 24.3 Å². The lowest BCUT2D eigenvalue weighted by Gasteiger charge is -1.94. The molecule has 0 spiro atoms. The van der Waals surface area contributed by atoms with Gasteiger partial charge < -0.3 is 0 Å². The predicted octanol–water partition coefficient (Wildman–Crippen LogP) is 1.59. The Morgan fingerprint density at radius 3 is 2.59 bits per heavy atom. The first-order chi connectivity index (χ1) is 8.40. The molecule has 0 fully saturated rings. The van der Waals surface area contributed by atoms with Crippen molar-refractivity contribution in [1.29, 1.82) is 0 Å². The van der Waals surface area contributed by atoms with Crippen LogP contribution >= 0.6 is 0 Å². The molecule has 0 N–H and O–H groups in total. The highest BCUT2D eigenvalue weighted by atomic mass is 15.5. The van der Waals surface area contributed by atoms with Crippen LogP contribution in [0.25, 0.3) is 11.2 Å². The van der Waals surface area contributed by atoms with Gasteiger partial charge in [0.05, 0.1) is 5.10 Å². The van der Waals surface area contributed by atoms with Gasteiger partial charge >= 0.3 is 0 Å². The van der Waals surface area contributed by atoms with Gasteiger partial charge in [0.25, 0.3) is 5.69 Å². The van der Waals surface area contributed by atoms with Gasteiger partial charge in [-0.25, -0.2) is 0 Å². The Kier molecular flexibility index (Phi) is 2.13. The summed E-state index contributed by atoms with van der Waals surface area (Å²) in [6, 6.07) is 15.8. The molecule has 0 atom stereocenters. The third-order valence-corrected chi connectivity index (χ3v) is 2.60. The Hall–Kier alpha value is -2.60. The van der Waals surface area contributed by atoms with Crippen LogP contribution in [0.4, 0.5) is 0 Å². The molecule has 3 heteroatoms. The molecule has 80 valence electrons. The van der Waals surface area contributed by atoms with Gasteiger partial charge in [-0.15, -0.1) is 10.9 Å². The number of hydrogen-bond acceptors (Lipinski definition) is 1. The smallest absolute Gasteiger partial charge is 0.119 e. The second-order valence-electron chi connectivity index (χ2n) is 3.65. The number of hydrogen-bond donors (Lipinski definition) is 0. The molecule has 0 saturated heterocycles. The molecule has 0 aliphatic rings. The average Bonchev–Trinajstić information content (AvgIpc) is 2.78. The van der Waals surface area contributed by atoms with Crippen molar-refractivity contribution >= 4 is 5.52 Å². The van der Waals surface area contributed by atoms with E-state index in [1.54, 1.807) is 4.80 Å². The Morgan fingerprint density at radius 2 is 1.82 bits per heavy atom. The number of para-hydroxylation sites is 1. The molecule has 0 unspecified atom stereocenters. The highest BCUT2D eigenvalue weighted by Gasteiger charge is 2.18. The molecule has 0 bridgehead atoms. The minimum Gasteiger partial charge on any atom is -0.119 e. The summed E-state index contributed by atoms with van der Waals surface area (Å²) < 4.78 is 1.94. The summed E-state index contributed by atoms with van der Waals surface area (Å²) in [4.78, 5) is 1.80. The minimum atomic E-state index is 0.648. The van der Waals surface area contributed by atoms with Crippen LogP contribution in [0, 0.1) is 12.3 Å². The Labute approximate surface area is 98.9 Å². The summed E-state index contributed by atoms with van der Waals surface area (Å²) in [6.07, 6.45) is 7.41. The fourth-order valence-corrected chi connectivity index (χ4v) is 1.83. The topological polar surface area (TPSA) is 21.9 Å². The molecule has 0 aliphatic carbocycles. The predicted molar refractivity (Wildman–Crippen MR) is 64.7 cm³/mol. The fraction of sp³-hybridized carbons (Fsp3) is 0. The molecule has 1 aromatic carbocycles. The van der Waals surface area contributed by atoms with Crippen LogP contribution in [0.15, 0.2) is 54.7 Å². The lowest BCUT2D eigenvalue weighted by atomic mass is 10.3. The summed E-state index contributed by atoms with van der Waals surface area (Å²) in [5, 5.41) is 4.42. The SMILES string of the molecule is C#Cc1nn(-c2ccccc2)[n+]2ccccc12. The van der Waals surface area contributed by atoms with Crippen LogP contribution in [-0.2, 0) is 0 Å². The van der Waals surface area contributed by atoms with Crippen LogP contribution in [0.5, 0.6) is 0 Å². The monoisotopic (exact) mass is 220 g/mol. The van der Waals surface area contributed by atoms with Gasteiger partial charge in [-0.3, -0.25) is 0 Å². The summed E-state index contributed by atoms with van der Waals surface area (Å²) in [5.41, 5.74) is 2.56. The van der Waals surface area contributed by atoms with E-state index in [1.807, 2.05) is 59.2 Å². The molecule has 3 nitrogen and oxygen atoms in total. The number of pyridine rings is 1. The Balaban J connectivity index is 2.35. The van der Waals surface area contributed by atoms with E-state index in [1.165, 1.54) is 0 Å². The second-order valence-corrected chi connectivity index (χ2v) is 3.65. The highest BCUT2D eigenvalue weighted by Crippen LogP contribution is 2.07. The van der Waals surface area contributed by atoms with Crippen molar-refractivity contribution in [2.45, 2.75) is 0 Å². The van der Waals surface area contributed by atoms with Gasteiger partial charge in [0, 0.05) is 0 Å². The lowest BCUT2D eigenvalue weighted by Crippen LogP contribution is -2.31. The van der Waals surface area contributed by atoms with Crippen LogP contribution in [-0.4, -0.2) is 9.90 Å². The number of aromatic nitrogens is 3. The third-order valence-electron chi connectivity index (χ3n) is 2.60. The summed E-state index contributed by atoms with van der Waals surface area (Å²) in [5.74, 6) is 2.61. The molecule has 0 aliphatic heterocycles. The maximum atomic E-state index is 5.47. The van der Waals surface area contributed by atoms with E-state index in [-0.39, 0.29) is 0 Å². The molecule has 0 amide bonds. The first-order valence-corrected chi connectivity index (χ1v) is 5.32. The van der Waals surface area contributed by atoms with E-state index in [0.29, 0.717) is 5.69 Å². The standard InChI is InChI=1S/C14H10N3/c1-2-13-14-10-6-7-11-16(14)17(15-13)12-8-4-3-5-9-12/h1,3-11H/q+1. The lowest BCUT2D eigenvalue weighted by molar-refractivity contribution is -0.603. The zero-order chi connectivity index (χ0) is 11.7. The molecule has 17 heavy (non-hydrogen) atoms. The quantitative estimate of drug-likeness (QED) is 0.451. The van der Waals surface area contributed by atoms with Crippen molar-refractivity contribution in [3.05, 3.63) is 60.4 Å². The van der Waals surface area contributed by atoms with Gasteiger partial charge in [-0.2, -0.15) is 0 Å². The number of terminal acetylenes is 1. The first-order valence-electron chi connectivity index (χ1n) is 5.32. The van der Waals surface area contributed by atoms with Gasteiger partial charge in [0.1, 0.15) is 11.9 Å². The molecule has 3 rings (SSSR count). The maximum absolute atomic E-state index is 5.47. The number of benzene rings is 1. The maximum Gasteiger partial charge on any atom is 0.299 e. The first kappa shape index (κ1) is 9.61. The Morgan fingerprint density at radius 1 is 1.06 bits per heavy atom. The van der Waals surface area contributed by atoms with Crippen LogP contribution in [0.2, 0.25) is 0 Å². The van der Waals surface area contributed by atoms with Crippen LogP contribution < -0.4 is 4.52 Å². The van der Waals surface area contributed by atoms with E-state index in [9.17, 15) is 0 Å². The van der Waals surface area contributed by atoms with Crippen molar-refractivity contribution in [1.82, 2.24) is 9.90 Å². The van der Waals surface area contributed by atoms with E-state index in [2.05, 4.69) is 11.0 Å². The van der Waals surface area contributed by atoms with Crippen molar-refractivity contribution < 1.29 is 4.52 Å². The highest BCUT2D eigenvalue weighted by molar-refractivity contribution is 5.52. The second kappa shape index (κ2) is 3.76. The minimum absolute atomic E-state index is 0.648. The molecule has 0 saturated carbocycles. The number of fused-ring (bicyclic) bond motifs is 1. The number of rotatable bonds is 1. The molecular weight excluding hydrogens is 210 g/mol. The third kappa shape index (κ3) is 1.47. The van der Waals surface area contributed by atoms with Gasteiger partial charge in [-0.05, 0) is 35.0 Å². The summed E-state index contributed by atoms with van der Waals surface area (Å²) in [7, 11) is 0. The van der Waals surface area contributed by atoms with Crippen LogP contribution in [0.1, 0.15) is 5.69 Å². The Bertz CT molecular complexity index is 705. The largest absolute Gasteiger partial charge is 0.299 e. The van der Waals surface area contributed by atoms with Crippen LogP contribution in [0.3, 0.4) is 0 Å². The summed E-state index contributed by atoms with van der Waals surface area (Å²) in [6.45, 7) is 0. The van der Waals surface area contributed by atoms with Crippen molar-refractivity contribution in [2.24, 2.45) is 0 Å². The van der Waals surface area contributed by atoms with Gasteiger partial charge in [0.2, 0.25) is 5.52 Å². The molecule has 2 heterocycles. The molecule has 2 aromatic heterocycles. The van der Waals surface area contributed by atoms with E-state index in [4.69, 9.17) is 6.42 Å². The fourth-order valence-electron chi connectivity index (χ4n) is 1.83. The normalized spacial score (nSPS) is 10.3. The van der Waals surface area contributed by atoms with Crippen molar-refractivity contribution in [2.75, 3.05) is 0 Å². The average molecular weight is 220 g/mol. The zero-order valence-corrected chi connectivity index (χ0v) is 9.12. The molecule has 3 aromatic rings. The number of nitrogens with zero attached hydrogens (tertiary/aromatic N) is 3. The summed E-state index contributed by atoms with van der Waals surface area (Å²) >= 11 is 0. The van der Waals surface area contributed by atoms with E-state index >= 15 is 0 Å². The molecule has 0 radical (unpaired) electrons. The zero-order valence-electron chi connectivity index (χ0n) is 9.12.